The van der Waals surface area contributed by atoms with Crippen LogP contribution in [0.4, 0.5) is 17.3 Å². The van der Waals surface area contributed by atoms with Crippen molar-refractivity contribution in [3.63, 3.8) is 0 Å². The molecule has 4 N–H and O–H groups in total. The molecule has 0 unspecified atom stereocenters. The van der Waals surface area contributed by atoms with Gasteiger partial charge in [-0.25, -0.2) is 15.0 Å². The first-order chi connectivity index (χ1) is 15.5. The van der Waals surface area contributed by atoms with E-state index in [1.54, 1.807) is 0 Å². The third-order valence-corrected chi connectivity index (χ3v) is 5.99. The van der Waals surface area contributed by atoms with Crippen LogP contribution in [0.25, 0.3) is 17.0 Å². The zero-order chi connectivity index (χ0) is 22.1. The lowest BCUT2D eigenvalue weighted by atomic mass is 9.92. The third-order valence-electron chi connectivity index (χ3n) is 5.99. The first kappa shape index (κ1) is 20.4. The van der Waals surface area contributed by atoms with Crippen molar-refractivity contribution >= 4 is 23.0 Å². The second kappa shape index (κ2) is 8.55. The Bertz CT molecular complexity index is 1240. The van der Waals surface area contributed by atoms with E-state index in [0.29, 0.717) is 18.0 Å². The van der Waals surface area contributed by atoms with Gasteiger partial charge >= 0.3 is 0 Å². The number of aromatic nitrogens is 5. The van der Waals surface area contributed by atoms with Crippen LogP contribution in [0.2, 0.25) is 0 Å². The molecule has 4 aromatic heterocycles. The maximum absolute atomic E-state index is 6.04. The fraction of sp³-hybridized carbons (Fsp3) is 0.333. The quantitative estimate of drug-likeness (QED) is 0.437. The van der Waals surface area contributed by atoms with Crippen LogP contribution in [0.5, 0.6) is 0 Å². The Morgan fingerprint density at radius 2 is 1.81 bits per heavy atom. The number of anilines is 3. The highest BCUT2D eigenvalue weighted by molar-refractivity contribution is 5.67. The predicted octanol–water partition coefficient (Wildman–Crippen LogP) is 4.23. The van der Waals surface area contributed by atoms with Crippen LogP contribution in [-0.4, -0.2) is 36.4 Å². The number of pyridine rings is 2. The minimum Gasteiger partial charge on any atom is -0.353 e. The number of fused-ring (bicyclic) bond motifs is 1. The van der Waals surface area contributed by atoms with Crippen LogP contribution >= 0.6 is 0 Å². The summed E-state index contributed by atoms with van der Waals surface area (Å²) in [7, 11) is 0. The lowest BCUT2D eigenvalue weighted by molar-refractivity contribution is 0.410. The van der Waals surface area contributed by atoms with E-state index in [4.69, 9.17) is 10.7 Å². The van der Waals surface area contributed by atoms with Crippen molar-refractivity contribution in [1.29, 1.82) is 0 Å². The summed E-state index contributed by atoms with van der Waals surface area (Å²) in [5.41, 5.74) is 12.7. The number of nitrogens with zero attached hydrogens (tertiary/aromatic N) is 5. The minimum atomic E-state index is 0.319. The Labute approximate surface area is 187 Å². The van der Waals surface area contributed by atoms with Crippen molar-refractivity contribution in [3.05, 3.63) is 60.3 Å². The summed E-state index contributed by atoms with van der Waals surface area (Å²) in [5, 5.41) is 6.92. The normalized spacial score (nSPS) is 18.6. The zero-order valence-electron chi connectivity index (χ0n) is 18.4. The Kier molecular flexibility index (Phi) is 5.45. The molecular formula is C24H28N8. The summed E-state index contributed by atoms with van der Waals surface area (Å²) < 4.78 is 2.06. The first-order valence-electron chi connectivity index (χ1n) is 11.1. The maximum atomic E-state index is 6.04. The van der Waals surface area contributed by atoms with E-state index in [2.05, 4.69) is 36.1 Å². The fourth-order valence-electron chi connectivity index (χ4n) is 4.24. The van der Waals surface area contributed by atoms with Gasteiger partial charge in [0.15, 0.2) is 0 Å². The molecular weight excluding hydrogens is 400 g/mol. The van der Waals surface area contributed by atoms with E-state index in [0.717, 1.165) is 65.2 Å². The maximum Gasteiger partial charge on any atom is 0.223 e. The summed E-state index contributed by atoms with van der Waals surface area (Å²) in [4.78, 5) is 18.2. The van der Waals surface area contributed by atoms with Crippen LogP contribution in [-0.2, 0) is 0 Å². The molecule has 0 radical (unpaired) electrons. The molecule has 0 aromatic carbocycles. The van der Waals surface area contributed by atoms with Gasteiger partial charge in [-0.2, -0.15) is 0 Å². The molecule has 1 fully saturated rings. The van der Waals surface area contributed by atoms with Gasteiger partial charge in [0, 0.05) is 30.7 Å². The highest BCUT2D eigenvalue weighted by Crippen LogP contribution is 2.27. The minimum absolute atomic E-state index is 0.319. The summed E-state index contributed by atoms with van der Waals surface area (Å²) >= 11 is 0. The average molecular weight is 429 g/mol. The highest BCUT2D eigenvalue weighted by Gasteiger charge is 2.20. The molecule has 1 saturated carbocycles. The Balaban J connectivity index is 1.44. The van der Waals surface area contributed by atoms with E-state index < -0.39 is 0 Å². The molecule has 0 spiro atoms. The van der Waals surface area contributed by atoms with Gasteiger partial charge in [0.05, 0.1) is 35.2 Å². The van der Waals surface area contributed by atoms with E-state index in [9.17, 15) is 0 Å². The number of imidazole rings is 1. The second-order valence-corrected chi connectivity index (χ2v) is 8.65. The Morgan fingerprint density at radius 3 is 2.62 bits per heavy atom. The Hall–Kier alpha value is -3.52. The molecule has 0 saturated heterocycles. The molecule has 8 nitrogen and oxygen atoms in total. The predicted molar refractivity (Wildman–Crippen MR) is 127 cm³/mol. The van der Waals surface area contributed by atoms with E-state index in [1.165, 1.54) is 0 Å². The van der Waals surface area contributed by atoms with Crippen LogP contribution < -0.4 is 16.4 Å². The van der Waals surface area contributed by atoms with E-state index in [1.807, 2.05) is 57.0 Å². The van der Waals surface area contributed by atoms with Crippen molar-refractivity contribution in [2.24, 2.45) is 5.73 Å². The second-order valence-electron chi connectivity index (χ2n) is 8.65. The molecule has 0 amide bonds. The number of nitrogens with one attached hydrogen (secondary N) is 2. The topological polar surface area (TPSA) is 106 Å². The molecule has 164 valence electrons. The lowest BCUT2D eigenvalue weighted by Gasteiger charge is -2.26. The third kappa shape index (κ3) is 4.27. The zero-order valence-corrected chi connectivity index (χ0v) is 18.4. The van der Waals surface area contributed by atoms with Gasteiger partial charge in [-0.1, -0.05) is 0 Å². The summed E-state index contributed by atoms with van der Waals surface area (Å²) in [5.74, 6) is 0.654. The van der Waals surface area contributed by atoms with Gasteiger partial charge in [0.25, 0.3) is 0 Å². The molecule has 1 aliphatic rings. The molecule has 0 atom stereocenters. The van der Waals surface area contributed by atoms with Crippen molar-refractivity contribution in [2.75, 3.05) is 10.6 Å². The molecule has 32 heavy (non-hydrogen) atoms. The molecule has 5 rings (SSSR count). The Morgan fingerprint density at radius 1 is 0.969 bits per heavy atom. The molecule has 4 heterocycles. The number of rotatable bonds is 5. The van der Waals surface area contributed by atoms with Crippen LogP contribution in [0.1, 0.15) is 36.8 Å². The van der Waals surface area contributed by atoms with Gasteiger partial charge < -0.3 is 16.4 Å². The van der Waals surface area contributed by atoms with Gasteiger partial charge in [-0.3, -0.25) is 9.38 Å². The number of hydrogen-bond acceptors (Lipinski definition) is 7. The van der Waals surface area contributed by atoms with Gasteiger partial charge in [-0.05, 0) is 68.9 Å². The van der Waals surface area contributed by atoms with Crippen molar-refractivity contribution < 1.29 is 0 Å². The van der Waals surface area contributed by atoms with Gasteiger partial charge in [-0.15, -0.1) is 0 Å². The molecule has 1 aliphatic carbocycles. The standard InChI is InChI=1S/C24H28N8/c1-15-9-20(12-26-10-15)29-19-7-8-22-27-13-21(32(22)14-19)23-16(2)11-28-24(31-23)30-18-5-3-17(25)4-6-18/h7-14,17-18,29H,3-6,25H2,1-2H3,(H,28,30,31). The monoisotopic (exact) mass is 428 g/mol. The molecule has 8 heteroatoms. The fourth-order valence-corrected chi connectivity index (χ4v) is 4.24. The molecule has 0 bridgehead atoms. The van der Waals surface area contributed by atoms with Crippen molar-refractivity contribution in [2.45, 2.75) is 51.6 Å². The summed E-state index contributed by atoms with van der Waals surface area (Å²) in [6, 6.07) is 6.76. The van der Waals surface area contributed by atoms with E-state index in [-0.39, 0.29) is 0 Å². The van der Waals surface area contributed by atoms with E-state index >= 15 is 0 Å². The van der Waals surface area contributed by atoms with Crippen LogP contribution in [0.3, 0.4) is 0 Å². The van der Waals surface area contributed by atoms with Gasteiger partial charge in [0.1, 0.15) is 5.65 Å². The highest BCUT2D eigenvalue weighted by atomic mass is 15.1. The van der Waals surface area contributed by atoms with Crippen LogP contribution in [0.15, 0.2) is 49.2 Å². The largest absolute Gasteiger partial charge is 0.353 e. The lowest BCUT2D eigenvalue weighted by Crippen LogP contribution is -2.33. The summed E-state index contributed by atoms with van der Waals surface area (Å²) in [6.07, 6.45) is 13.6. The summed E-state index contributed by atoms with van der Waals surface area (Å²) in [6.45, 7) is 4.05. The van der Waals surface area contributed by atoms with Crippen molar-refractivity contribution in [1.82, 2.24) is 24.3 Å². The van der Waals surface area contributed by atoms with Crippen molar-refractivity contribution in [3.8, 4) is 11.4 Å². The number of nitrogens with two attached hydrogens (primary N) is 1. The molecule has 0 aliphatic heterocycles. The number of aryl methyl sites for hydroxylation is 2. The first-order valence-corrected chi connectivity index (χ1v) is 11.1. The molecule has 4 aromatic rings. The van der Waals surface area contributed by atoms with Crippen LogP contribution in [0, 0.1) is 13.8 Å². The smallest absolute Gasteiger partial charge is 0.223 e. The SMILES string of the molecule is Cc1cncc(Nc2ccc3ncc(-c4nc(NC5CCC(N)CC5)ncc4C)n3c2)c1. The number of hydrogen-bond donors (Lipinski definition) is 3. The average Bonchev–Trinajstić information content (AvgIpc) is 3.20. The van der Waals surface area contributed by atoms with Gasteiger partial charge in [0.2, 0.25) is 5.95 Å².